The van der Waals surface area contributed by atoms with Gasteiger partial charge in [-0.15, -0.1) is 10.2 Å². The maximum atomic E-state index is 12.8. The Bertz CT molecular complexity index is 1300. The maximum Gasteiger partial charge on any atom is 0.237 e. The summed E-state index contributed by atoms with van der Waals surface area (Å²) in [4.78, 5) is 12.8. The average Bonchev–Trinajstić information content (AvgIpc) is 3.22. The van der Waals surface area contributed by atoms with Crippen LogP contribution in [0.4, 0.5) is 5.69 Å². The number of nitriles is 1. The molecule has 33 heavy (non-hydrogen) atoms. The first kappa shape index (κ1) is 22.6. The minimum Gasteiger partial charge on any atom is -0.325 e. The molecule has 4 rings (SSSR count). The molecule has 3 aromatic carbocycles. The van der Waals surface area contributed by atoms with E-state index in [1.54, 1.807) is 24.3 Å². The van der Waals surface area contributed by atoms with Crippen molar-refractivity contribution < 1.29 is 4.79 Å². The van der Waals surface area contributed by atoms with E-state index < -0.39 is 5.25 Å². The lowest BCUT2D eigenvalue weighted by atomic mass is 10.2. The van der Waals surface area contributed by atoms with Gasteiger partial charge in [0.2, 0.25) is 5.91 Å². The summed E-state index contributed by atoms with van der Waals surface area (Å²) in [7, 11) is 0. The monoisotopic (exact) mass is 473 g/mol. The molecule has 1 N–H and O–H groups in total. The third kappa shape index (κ3) is 5.43. The molecule has 0 aliphatic rings. The van der Waals surface area contributed by atoms with Crippen molar-refractivity contribution in [3.63, 3.8) is 0 Å². The molecule has 0 spiro atoms. The van der Waals surface area contributed by atoms with Crippen LogP contribution in [0.5, 0.6) is 0 Å². The van der Waals surface area contributed by atoms with Crippen LogP contribution < -0.4 is 5.32 Å². The quantitative estimate of drug-likeness (QED) is 0.351. The summed E-state index contributed by atoms with van der Waals surface area (Å²) in [5.74, 6) is 0.477. The third-order valence-electron chi connectivity index (χ3n) is 4.95. The highest BCUT2D eigenvalue weighted by molar-refractivity contribution is 8.00. The Morgan fingerprint density at radius 2 is 1.76 bits per heavy atom. The zero-order chi connectivity index (χ0) is 23.2. The molecule has 0 aliphatic heterocycles. The van der Waals surface area contributed by atoms with Gasteiger partial charge in [-0.2, -0.15) is 5.26 Å². The van der Waals surface area contributed by atoms with Gasteiger partial charge in [-0.1, -0.05) is 65.8 Å². The molecule has 1 atom stereocenters. The van der Waals surface area contributed by atoms with Gasteiger partial charge in [0, 0.05) is 11.3 Å². The highest BCUT2D eigenvalue weighted by Crippen LogP contribution is 2.31. The van der Waals surface area contributed by atoms with Crippen molar-refractivity contribution in [2.24, 2.45) is 0 Å². The smallest absolute Gasteiger partial charge is 0.237 e. The largest absolute Gasteiger partial charge is 0.325 e. The topological polar surface area (TPSA) is 83.6 Å². The van der Waals surface area contributed by atoms with E-state index in [0.29, 0.717) is 33.8 Å². The molecule has 1 amide bonds. The summed E-state index contributed by atoms with van der Waals surface area (Å²) in [6, 6.07) is 26.3. The predicted molar refractivity (Wildman–Crippen MR) is 131 cm³/mol. The normalized spacial score (nSPS) is 11.5. The molecule has 0 bridgehead atoms. The van der Waals surface area contributed by atoms with Crippen molar-refractivity contribution in [3.05, 3.63) is 95.0 Å². The van der Waals surface area contributed by atoms with Crippen molar-refractivity contribution >= 4 is 35.0 Å². The molecular formula is C25H20ClN5OS. The first-order chi connectivity index (χ1) is 16.0. The maximum absolute atomic E-state index is 12.8. The molecule has 8 heteroatoms. The summed E-state index contributed by atoms with van der Waals surface area (Å²) in [5, 5.41) is 21.4. The van der Waals surface area contributed by atoms with Crippen molar-refractivity contribution in [3.8, 4) is 17.5 Å². The fourth-order valence-corrected chi connectivity index (χ4v) is 4.28. The number of hydrogen-bond donors (Lipinski definition) is 1. The van der Waals surface area contributed by atoms with E-state index in [1.807, 2.05) is 66.1 Å². The minimum absolute atomic E-state index is 0.168. The van der Waals surface area contributed by atoms with Gasteiger partial charge in [0.15, 0.2) is 11.0 Å². The van der Waals surface area contributed by atoms with E-state index in [2.05, 4.69) is 21.6 Å². The molecule has 4 aromatic rings. The Balaban J connectivity index is 1.59. The van der Waals surface area contributed by atoms with E-state index in [1.165, 1.54) is 11.8 Å². The number of amides is 1. The first-order valence-electron chi connectivity index (χ1n) is 10.2. The molecule has 1 heterocycles. The van der Waals surface area contributed by atoms with Crippen LogP contribution in [0.1, 0.15) is 18.1 Å². The number of thioether (sulfide) groups is 1. The van der Waals surface area contributed by atoms with E-state index in [0.717, 1.165) is 11.1 Å². The van der Waals surface area contributed by atoms with Crippen LogP contribution >= 0.6 is 23.4 Å². The highest BCUT2D eigenvalue weighted by Gasteiger charge is 2.22. The predicted octanol–water partition coefficient (Wildman–Crippen LogP) is 5.64. The molecule has 0 radical (unpaired) electrons. The molecule has 164 valence electrons. The molecule has 0 aliphatic carbocycles. The second kappa shape index (κ2) is 10.3. The Kier molecular flexibility index (Phi) is 7.08. The second-order valence-corrected chi connectivity index (χ2v) is 9.01. The van der Waals surface area contributed by atoms with Gasteiger partial charge in [-0.25, -0.2) is 0 Å². The van der Waals surface area contributed by atoms with Crippen LogP contribution in [0.2, 0.25) is 5.02 Å². The SMILES string of the molecule is CC(Sc1nnc(-c2ccccc2Cl)n1Cc1ccccc1)C(=O)Nc1ccc(C#N)cc1. The van der Waals surface area contributed by atoms with Crippen LogP contribution in [-0.4, -0.2) is 25.9 Å². The number of nitrogens with zero attached hydrogens (tertiary/aromatic N) is 4. The minimum atomic E-state index is -0.432. The van der Waals surface area contributed by atoms with Gasteiger partial charge >= 0.3 is 0 Å². The molecule has 0 saturated carbocycles. The van der Waals surface area contributed by atoms with Gasteiger partial charge in [0.25, 0.3) is 0 Å². The fraction of sp³-hybridized carbons (Fsp3) is 0.120. The molecule has 1 aromatic heterocycles. The van der Waals surface area contributed by atoms with Crippen LogP contribution in [0, 0.1) is 11.3 Å². The lowest BCUT2D eigenvalue weighted by Crippen LogP contribution is -2.23. The van der Waals surface area contributed by atoms with Crippen molar-refractivity contribution in [1.29, 1.82) is 5.26 Å². The van der Waals surface area contributed by atoms with E-state index in [4.69, 9.17) is 16.9 Å². The van der Waals surface area contributed by atoms with Gasteiger partial charge in [-0.3, -0.25) is 9.36 Å². The molecule has 6 nitrogen and oxygen atoms in total. The number of aromatic nitrogens is 3. The van der Waals surface area contributed by atoms with Gasteiger partial charge in [0.05, 0.1) is 28.5 Å². The number of carbonyl (C=O) groups is 1. The summed E-state index contributed by atoms with van der Waals surface area (Å²) >= 11 is 7.77. The lowest BCUT2D eigenvalue weighted by Gasteiger charge is -2.14. The summed E-state index contributed by atoms with van der Waals surface area (Å²) in [6.07, 6.45) is 0. The van der Waals surface area contributed by atoms with Crippen LogP contribution in [-0.2, 0) is 11.3 Å². The fourth-order valence-electron chi connectivity index (χ4n) is 3.21. The molecule has 0 fully saturated rings. The average molecular weight is 474 g/mol. The summed E-state index contributed by atoms with van der Waals surface area (Å²) < 4.78 is 1.98. The summed E-state index contributed by atoms with van der Waals surface area (Å²) in [5.41, 5.74) is 3.04. The first-order valence-corrected chi connectivity index (χ1v) is 11.5. The standard InChI is InChI=1S/C25H20ClN5OS/c1-17(24(32)28-20-13-11-18(15-27)12-14-20)33-25-30-29-23(21-9-5-6-10-22(21)26)31(25)16-19-7-3-2-4-8-19/h2-14,17H,16H2,1H3,(H,28,32). The summed E-state index contributed by atoms with van der Waals surface area (Å²) in [6.45, 7) is 2.36. The number of nitrogens with one attached hydrogen (secondary N) is 1. The molecular weight excluding hydrogens is 454 g/mol. The number of anilines is 1. The number of rotatable bonds is 7. The lowest BCUT2D eigenvalue weighted by molar-refractivity contribution is -0.115. The van der Waals surface area contributed by atoms with Crippen LogP contribution in [0.25, 0.3) is 11.4 Å². The van der Waals surface area contributed by atoms with Crippen molar-refractivity contribution in [2.45, 2.75) is 23.9 Å². The van der Waals surface area contributed by atoms with Gasteiger partial charge in [0.1, 0.15) is 0 Å². The molecule has 0 saturated heterocycles. The number of halogens is 1. The number of carbonyl (C=O) groups excluding carboxylic acids is 1. The van der Waals surface area contributed by atoms with Gasteiger partial charge < -0.3 is 5.32 Å². The molecule has 1 unspecified atom stereocenters. The van der Waals surface area contributed by atoms with Crippen molar-refractivity contribution in [2.75, 3.05) is 5.32 Å². The Labute approximate surface area is 201 Å². The number of hydrogen-bond acceptors (Lipinski definition) is 5. The van der Waals surface area contributed by atoms with E-state index in [9.17, 15) is 4.79 Å². The van der Waals surface area contributed by atoms with Crippen molar-refractivity contribution in [1.82, 2.24) is 14.8 Å². The second-order valence-electron chi connectivity index (χ2n) is 7.30. The zero-order valence-corrected chi connectivity index (χ0v) is 19.3. The Hall–Kier alpha value is -3.60. The Morgan fingerprint density at radius 1 is 1.06 bits per heavy atom. The van der Waals surface area contributed by atoms with E-state index >= 15 is 0 Å². The van der Waals surface area contributed by atoms with Gasteiger partial charge in [-0.05, 0) is 48.9 Å². The van der Waals surface area contributed by atoms with Crippen LogP contribution in [0.3, 0.4) is 0 Å². The number of benzene rings is 3. The third-order valence-corrected chi connectivity index (χ3v) is 6.36. The van der Waals surface area contributed by atoms with Crippen LogP contribution in [0.15, 0.2) is 84.0 Å². The van der Waals surface area contributed by atoms with E-state index in [-0.39, 0.29) is 5.91 Å². The Morgan fingerprint density at radius 3 is 2.45 bits per heavy atom. The highest BCUT2D eigenvalue weighted by atomic mass is 35.5. The zero-order valence-electron chi connectivity index (χ0n) is 17.8.